The van der Waals surface area contributed by atoms with Gasteiger partial charge in [-0.25, -0.2) is 9.78 Å². The maximum Gasteiger partial charge on any atom is 0.318 e. The summed E-state index contributed by atoms with van der Waals surface area (Å²) in [6, 6.07) is 3.84. The van der Waals surface area contributed by atoms with Crippen molar-refractivity contribution in [1.82, 2.24) is 15.2 Å². The van der Waals surface area contributed by atoms with Crippen LogP contribution >= 0.6 is 11.3 Å². The van der Waals surface area contributed by atoms with Crippen LogP contribution in [0.1, 0.15) is 40.3 Å². The maximum atomic E-state index is 12.5. The number of rotatable bonds is 6. The van der Waals surface area contributed by atoms with Crippen molar-refractivity contribution in [3.05, 3.63) is 39.7 Å². The number of carbonyl (C=O) groups is 1. The lowest BCUT2D eigenvalue weighted by atomic mass is 10.2. The lowest BCUT2D eigenvalue weighted by molar-refractivity contribution is 0.156. The Labute approximate surface area is 145 Å². The van der Waals surface area contributed by atoms with E-state index in [2.05, 4.69) is 10.3 Å². The number of ether oxygens (including phenoxy) is 1. The molecule has 0 radical (unpaired) electrons. The third kappa shape index (κ3) is 3.96. The maximum absolute atomic E-state index is 12.5. The van der Waals surface area contributed by atoms with Crippen LogP contribution in [0.2, 0.25) is 0 Å². The first kappa shape index (κ1) is 17.0. The number of methoxy groups -OCH3 is 1. The number of likely N-dealkylation sites (tertiary alicyclic amines) is 1. The molecule has 1 fully saturated rings. The molecule has 130 valence electrons. The standard InChI is InChI=1S/C17H23N3O3S/c1-12-10-19-16(24-12)7-8-18-17(21)20-9-3-4-14(20)15-6-5-13(23-15)11-22-2/h5-6,10,14H,3-4,7-9,11H2,1-2H3,(H,18,21)/t14-/m0/s1. The fraction of sp³-hybridized carbons (Fsp3) is 0.529. The smallest absolute Gasteiger partial charge is 0.318 e. The summed E-state index contributed by atoms with van der Waals surface area (Å²) in [7, 11) is 1.64. The summed E-state index contributed by atoms with van der Waals surface area (Å²) in [6.07, 6.45) is 4.55. The Morgan fingerprint density at radius 3 is 3.17 bits per heavy atom. The number of urea groups is 1. The van der Waals surface area contributed by atoms with E-state index in [9.17, 15) is 4.79 Å². The van der Waals surface area contributed by atoms with E-state index >= 15 is 0 Å². The van der Waals surface area contributed by atoms with Crippen molar-refractivity contribution in [2.45, 2.75) is 38.8 Å². The van der Waals surface area contributed by atoms with Crippen molar-refractivity contribution in [2.75, 3.05) is 20.2 Å². The molecule has 0 aromatic carbocycles. The first-order chi connectivity index (χ1) is 11.7. The molecule has 2 aromatic rings. The third-order valence-corrected chi connectivity index (χ3v) is 5.07. The second-order valence-corrected chi connectivity index (χ2v) is 7.25. The fourth-order valence-electron chi connectivity index (χ4n) is 2.99. The van der Waals surface area contributed by atoms with Crippen molar-refractivity contribution >= 4 is 17.4 Å². The number of thiazole rings is 1. The minimum Gasteiger partial charge on any atom is -0.461 e. The molecule has 24 heavy (non-hydrogen) atoms. The molecule has 2 aromatic heterocycles. The van der Waals surface area contributed by atoms with Crippen LogP contribution in [0.15, 0.2) is 22.7 Å². The van der Waals surface area contributed by atoms with Gasteiger partial charge in [-0.2, -0.15) is 0 Å². The number of aryl methyl sites for hydroxylation is 1. The van der Waals surface area contributed by atoms with Gasteiger partial charge >= 0.3 is 6.03 Å². The summed E-state index contributed by atoms with van der Waals surface area (Å²) in [6.45, 7) is 3.84. The van der Waals surface area contributed by atoms with Gasteiger partial charge in [-0.3, -0.25) is 0 Å². The molecule has 1 saturated heterocycles. The quantitative estimate of drug-likeness (QED) is 0.869. The number of carbonyl (C=O) groups excluding carboxylic acids is 1. The first-order valence-electron chi connectivity index (χ1n) is 8.20. The van der Waals surface area contributed by atoms with E-state index in [1.54, 1.807) is 18.4 Å². The second-order valence-electron chi connectivity index (χ2n) is 5.94. The van der Waals surface area contributed by atoms with Crippen LogP contribution in [-0.4, -0.2) is 36.1 Å². The van der Waals surface area contributed by atoms with Gasteiger partial charge in [0.1, 0.15) is 18.1 Å². The Morgan fingerprint density at radius 2 is 2.42 bits per heavy atom. The van der Waals surface area contributed by atoms with Crippen LogP contribution in [0.5, 0.6) is 0 Å². The van der Waals surface area contributed by atoms with Crippen LogP contribution in [0.3, 0.4) is 0 Å². The molecule has 6 nitrogen and oxygen atoms in total. The summed E-state index contributed by atoms with van der Waals surface area (Å²) < 4.78 is 10.9. The van der Waals surface area contributed by atoms with Crippen molar-refractivity contribution < 1.29 is 13.9 Å². The second kappa shape index (κ2) is 7.81. The molecule has 0 bridgehead atoms. The summed E-state index contributed by atoms with van der Waals surface area (Å²) >= 11 is 1.67. The van der Waals surface area contributed by atoms with Gasteiger partial charge in [0.15, 0.2) is 0 Å². The van der Waals surface area contributed by atoms with E-state index in [1.165, 1.54) is 4.88 Å². The van der Waals surface area contributed by atoms with Crippen LogP contribution in [-0.2, 0) is 17.8 Å². The Morgan fingerprint density at radius 1 is 1.54 bits per heavy atom. The molecule has 1 aliphatic rings. The minimum atomic E-state index is -0.0320. The Kier molecular flexibility index (Phi) is 5.52. The highest BCUT2D eigenvalue weighted by Crippen LogP contribution is 2.33. The van der Waals surface area contributed by atoms with Gasteiger partial charge in [0.2, 0.25) is 0 Å². The van der Waals surface area contributed by atoms with Gasteiger partial charge in [0, 0.05) is 37.7 Å². The Hall–Kier alpha value is -1.86. The minimum absolute atomic E-state index is 0.0118. The molecule has 0 aliphatic carbocycles. The number of hydrogen-bond donors (Lipinski definition) is 1. The zero-order chi connectivity index (χ0) is 16.9. The summed E-state index contributed by atoms with van der Waals surface area (Å²) in [5.41, 5.74) is 0. The van der Waals surface area contributed by atoms with E-state index in [4.69, 9.17) is 9.15 Å². The third-order valence-electron chi connectivity index (χ3n) is 4.10. The predicted octanol–water partition coefficient (Wildman–Crippen LogP) is 3.28. The highest BCUT2D eigenvalue weighted by atomic mass is 32.1. The van der Waals surface area contributed by atoms with Gasteiger partial charge in [0.05, 0.1) is 11.0 Å². The van der Waals surface area contributed by atoms with Crippen LogP contribution < -0.4 is 5.32 Å². The van der Waals surface area contributed by atoms with Crippen molar-refractivity contribution in [3.63, 3.8) is 0 Å². The average molecular weight is 349 g/mol. The molecule has 0 spiro atoms. The SMILES string of the molecule is COCc1ccc([C@@H]2CCCN2C(=O)NCCc2ncc(C)s2)o1. The topological polar surface area (TPSA) is 67.6 Å². The summed E-state index contributed by atoms with van der Waals surface area (Å²) in [5.74, 6) is 1.63. The predicted molar refractivity (Wildman–Crippen MR) is 92.1 cm³/mol. The summed E-state index contributed by atoms with van der Waals surface area (Å²) in [5, 5.41) is 4.06. The number of amides is 2. The normalized spacial score (nSPS) is 17.4. The van der Waals surface area contributed by atoms with E-state index < -0.39 is 0 Å². The number of nitrogens with one attached hydrogen (secondary N) is 1. The number of nitrogens with zero attached hydrogens (tertiary/aromatic N) is 2. The molecule has 7 heteroatoms. The monoisotopic (exact) mass is 349 g/mol. The number of furan rings is 1. The van der Waals surface area contributed by atoms with Crippen LogP contribution in [0.25, 0.3) is 0 Å². The largest absolute Gasteiger partial charge is 0.461 e. The van der Waals surface area contributed by atoms with Crippen LogP contribution in [0.4, 0.5) is 4.79 Å². The Bertz CT molecular complexity index is 682. The lowest BCUT2D eigenvalue weighted by Gasteiger charge is -2.23. The highest BCUT2D eigenvalue weighted by Gasteiger charge is 2.32. The zero-order valence-corrected chi connectivity index (χ0v) is 14.9. The van der Waals surface area contributed by atoms with Crippen molar-refractivity contribution in [2.24, 2.45) is 0 Å². The van der Waals surface area contributed by atoms with Gasteiger partial charge < -0.3 is 19.4 Å². The molecule has 2 amide bonds. The first-order valence-corrected chi connectivity index (χ1v) is 9.02. The van der Waals surface area contributed by atoms with Crippen molar-refractivity contribution in [1.29, 1.82) is 0 Å². The van der Waals surface area contributed by atoms with E-state index in [-0.39, 0.29) is 12.1 Å². The van der Waals surface area contributed by atoms with Crippen molar-refractivity contribution in [3.8, 4) is 0 Å². The lowest BCUT2D eigenvalue weighted by Crippen LogP contribution is -2.40. The van der Waals surface area contributed by atoms with Gasteiger partial charge in [-0.05, 0) is 31.9 Å². The van der Waals surface area contributed by atoms with E-state index in [0.29, 0.717) is 13.2 Å². The molecular weight excluding hydrogens is 326 g/mol. The fourth-order valence-corrected chi connectivity index (χ4v) is 3.78. The number of hydrogen-bond acceptors (Lipinski definition) is 5. The van der Waals surface area contributed by atoms with E-state index in [0.717, 1.165) is 42.3 Å². The van der Waals surface area contributed by atoms with Gasteiger partial charge in [-0.1, -0.05) is 0 Å². The highest BCUT2D eigenvalue weighted by molar-refractivity contribution is 7.11. The van der Waals surface area contributed by atoms with Gasteiger partial charge in [-0.15, -0.1) is 11.3 Å². The number of aromatic nitrogens is 1. The molecule has 1 N–H and O–H groups in total. The molecular formula is C17H23N3O3S. The molecule has 0 saturated carbocycles. The Balaban J connectivity index is 1.54. The molecule has 1 aliphatic heterocycles. The average Bonchev–Trinajstić information content (AvgIpc) is 3.27. The molecule has 0 unspecified atom stereocenters. The molecule has 3 heterocycles. The van der Waals surface area contributed by atoms with E-state index in [1.807, 2.05) is 30.2 Å². The zero-order valence-electron chi connectivity index (χ0n) is 14.1. The molecule has 3 rings (SSSR count). The molecule has 1 atom stereocenters. The summed E-state index contributed by atoms with van der Waals surface area (Å²) in [4.78, 5) is 19.9. The van der Waals surface area contributed by atoms with Gasteiger partial charge in [0.25, 0.3) is 0 Å². The van der Waals surface area contributed by atoms with Crippen LogP contribution in [0, 0.1) is 6.92 Å².